The van der Waals surface area contributed by atoms with Crippen LogP contribution in [-0.2, 0) is 0 Å². The number of benzene rings is 1. The summed E-state index contributed by atoms with van der Waals surface area (Å²) in [6.07, 6.45) is 0.592. The summed E-state index contributed by atoms with van der Waals surface area (Å²) < 4.78 is 4.82. The van der Waals surface area contributed by atoms with Gasteiger partial charge >= 0.3 is 0 Å². The predicted octanol–water partition coefficient (Wildman–Crippen LogP) is 2.24. The van der Waals surface area contributed by atoms with Crippen LogP contribution in [0.15, 0.2) is 18.2 Å². The lowest BCUT2D eigenvalue weighted by atomic mass is 10.2. The van der Waals surface area contributed by atoms with E-state index in [2.05, 4.69) is 0 Å². The van der Waals surface area contributed by atoms with Gasteiger partial charge in [0.05, 0.1) is 12.7 Å². The molecule has 1 rings (SSSR count). The van der Waals surface area contributed by atoms with Gasteiger partial charge in [-0.25, -0.2) is 0 Å². The maximum Gasteiger partial charge on any atom is 0.153 e. The number of carbonyl (C=O) groups excluding carboxylic acids is 1. The van der Waals surface area contributed by atoms with Crippen molar-refractivity contribution in [2.24, 2.45) is 0 Å². The lowest BCUT2D eigenvalue weighted by Gasteiger charge is -2.00. The van der Waals surface area contributed by atoms with Crippen LogP contribution in [0.2, 0.25) is 0 Å². The molecule has 1 N–H and O–H groups in total. The van der Waals surface area contributed by atoms with Crippen molar-refractivity contribution in [3.63, 3.8) is 0 Å². The number of hydrogen-bond acceptors (Lipinski definition) is 3. The van der Waals surface area contributed by atoms with Crippen molar-refractivity contribution in [3.05, 3.63) is 23.8 Å². The first-order valence-electron chi connectivity index (χ1n) is 4.10. The van der Waals surface area contributed by atoms with Crippen LogP contribution in [0.1, 0.15) is 24.2 Å². The smallest absolute Gasteiger partial charge is 0.153 e. The first kappa shape index (κ1) is 11.5. The maximum atomic E-state index is 10.2. The SMILES string of the molecule is CC.COc1ccc(C=O)c(O)c1. The van der Waals surface area contributed by atoms with E-state index in [1.165, 1.54) is 19.2 Å². The molecule has 0 heterocycles. The molecule has 3 heteroatoms. The summed E-state index contributed by atoms with van der Waals surface area (Å²) in [5, 5.41) is 9.11. The van der Waals surface area contributed by atoms with Gasteiger partial charge in [0.1, 0.15) is 11.5 Å². The van der Waals surface area contributed by atoms with Gasteiger partial charge < -0.3 is 9.84 Å². The molecule has 3 nitrogen and oxygen atoms in total. The summed E-state index contributed by atoms with van der Waals surface area (Å²) in [5.41, 5.74) is 0.269. The van der Waals surface area contributed by atoms with Gasteiger partial charge in [0.2, 0.25) is 0 Å². The minimum Gasteiger partial charge on any atom is -0.507 e. The summed E-state index contributed by atoms with van der Waals surface area (Å²) in [6.45, 7) is 4.00. The van der Waals surface area contributed by atoms with Gasteiger partial charge in [-0.1, -0.05) is 13.8 Å². The molecule has 0 unspecified atom stereocenters. The minimum atomic E-state index is -0.0562. The van der Waals surface area contributed by atoms with Crippen molar-refractivity contribution in [1.82, 2.24) is 0 Å². The molecule has 0 fully saturated rings. The lowest BCUT2D eigenvalue weighted by molar-refractivity contribution is 0.112. The Balaban J connectivity index is 0.000000671. The monoisotopic (exact) mass is 182 g/mol. The van der Waals surface area contributed by atoms with Gasteiger partial charge in [-0.15, -0.1) is 0 Å². The second kappa shape index (κ2) is 6.06. The quantitative estimate of drug-likeness (QED) is 0.713. The van der Waals surface area contributed by atoms with E-state index in [1.807, 2.05) is 13.8 Å². The average Bonchev–Trinajstić information content (AvgIpc) is 2.20. The van der Waals surface area contributed by atoms with Crippen LogP contribution >= 0.6 is 0 Å². The maximum absolute atomic E-state index is 10.2. The Kier molecular flexibility index (Phi) is 5.35. The van der Waals surface area contributed by atoms with Crippen molar-refractivity contribution in [3.8, 4) is 11.5 Å². The summed E-state index contributed by atoms with van der Waals surface area (Å²) in [6, 6.07) is 4.51. The van der Waals surface area contributed by atoms with Crippen LogP contribution in [-0.4, -0.2) is 18.5 Å². The van der Waals surface area contributed by atoms with Gasteiger partial charge in [0.25, 0.3) is 0 Å². The predicted molar refractivity (Wildman–Crippen MR) is 51.4 cm³/mol. The fraction of sp³-hybridized carbons (Fsp3) is 0.300. The second-order valence-electron chi connectivity index (χ2n) is 2.04. The van der Waals surface area contributed by atoms with Crippen molar-refractivity contribution < 1.29 is 14.6 Å². The number of phenols is 1. The van der Waals surface area contributed by atoms with E-state index >= 15 is 0 Å². The van der Waals surface area contributed by atoms with E-state index in [-0.39, 0.29) is 11.3 Å². The minimum absolute atomic E-state index is 0.0562. The summed E-state index contributed by atoms with van der Waals surface area (Å²) in [7, 11) is 1.50. The fourth-order valence-corrected chi connectivity index (χ4v) is 0.750. The number of carbonyl (C=O) groups is 1. The zero-order chi connectivity index (χ0) is 10.3. The fourth-order valence-electron chi connectivity index (χ4n) is 0.750. The van der Waals surface area contributed by atoms with Crippen molar-refractivity contribution in [2.75, 3.05) is 7.11 Å². The highest BCUT2D eigenvalue weighted by Crippen LogP contribution is 2.21. The first-order chi connectivity index (χ1) is 6.27. The zero-order valence-electron chi connectivity index (χ0n) is 8.07. The van der Waals surface area contributed by atoms with Gasteiger partial charge in [-0.05, 0) is 12.1 Å². The normalized spacial score (nSPS) is 8.23. The summed E-state index contributed by atoms with van der Waals surface area (Å²) in [4.78, 5) is 10.2. The Morgan fingerprint density at radius 3 is 2.38 bits per heavy atom. The van der Waals surface area contributed by atoms with E-state index in [1.54, 1.807) is 6.07 Å². The molecular formula is C10H14O3. The average molecular weight is 182 g/mol. The van der Waals surface area contributed by atoms with E-state index in [0.29, 0.717) is 12.0 Å². The highest BCUT2D eigenvalue weighted by atomic mass is 16.5. The molecule has 0 atom stereocenters. The number of aldehydes is 1. The van der Waals surface area contributed by atoms with Gasteiger partial charge in [0, 0.05) is 6.07 Å². The Morgan fingerprint density at radius 2 is 2.00 bits per heavy atom. The molecule has 0 bridgehead atoms. The van der Waals surface area contributed by atoms with Crippen LogP contribution in [0.25, 0.3) is 0 Å². The number of rotatable bonds is 2. The molecule has 13 heavy (non-hydrogen) atoms. The standard InChI is InChI=1S/C8H8O3.C2H6/c1-11-7-3-2-6(5-9)8(10)4-7;1-2/h2-5,10H,1H3;1-2H3. The molecule has 0 amide bonds. The van der Waals surface area contributed by atoms with Crippen LogP contribution in [0, 0.1) is 0 Å². The molecule has 0 saturated heterocycles. The van der Waals surface area contributed by atoms with E-state index in [9.17, 15) is 4.79 Å². The van der Waals surface area contributed by atoms with Gasteiger partial charge in [-0.2, -0.15) is 0 Å². The number of hydrogen-bond donors (Lipinski definition) is 1. The van der Waals surface area contributed by atoms with Crippen LogP contribution < -0.4 is 4.74 Å². The third-order valence-corrected chi connectivity index (χ3v) is 1.36. The molecule has 1 aromatic carbocycles. The molecule has 0 spiro atoms. The Bertz CT molecular complexity index is 269. The van der Waals surface area contributed by atoms with Crippen LogP contribution in [0.4, 0.5) is 0 Å². The lowest BCUT2D eigenvalue weighted by Crippen LogP contribution is -1.85. The number of methoxy groups -OCH3 is 1. The van der Waals surface area contributed by atoms with Crippen molar-refractivity contribution in [2.45, 2.75) is 13.8 Å². The summed E-state index contributed by atoms with van der Waals surface area (Å²) >= 11 is 0. The van der Waals surface area contributed by atoms with Crippen molar-refractivity contribution >= 4 is 6.29 Å². The third-order valence-electron chi connectivity index (χ3n) is 1.36. The Hall–Kier alpha value is -1.51. The molecule has 72 valence electrons. The van der Waals surface area contributed by atoms with E-state index in [4.69, 9.17) is 9.84 Å². The molecule has 0 saturated carbocycles. The largest absolute Gasteiger partial charge is 0.507 e. The molecule has 0 aliphatic carbocycles. The molecule has 0 aliphatic heterocycles. The molecular weight excluding hydrogens is 168 g/mol. The van der Waals surface area contributed by atoms with E-state index < -0.39 is 0 Å². The van der Waals surface area contributed by atoms with Crippen LogP contribution in [0.3, 0.4) is 0 Å². The first-order valence-corrected chi connectivity index (χ1v) is 4.10. The topological polar surface area (TPSA) is 46.5 Å². The summed E-state index contributed by atoms with van der Waals surface area (Å²) in [5.74, 6) is 0.479. The zero-order valence-corrected chi connectivity index (χ0v) is 8.07. The molecule has 1 aromatic rings. The van der Waals surface area contributed by atoms with Gasteiger partial charge in [-0.3, -0.25) is 4.79 Å². The van der Waals surface area contributed by atoms with Gasteiger partial charge in [0.15, 0.2) is 6.29 Å². The Labute approximate surface area is 78.0 Å². The van der Waals surface area contributed by atoms with Crippen LogP contribution in [0.5, 0.6) is 11.5 Å². The van der Waals surface area contributed by atoms with E-state index in [0.717, 1.165) is 0 Å². The molecule has 0 aromatic heterocycles. The third kappa shape index (κ3) is 3.15. The Morgan fingerprint density at radius 1 is 1.38 bits per heavy atom. The molecule has 0 aliphatic rings. The highest BCUT2D eigenvalue weighted by Gasteiger charge is 1.99. The number of aromatic hydroxyl groups is 1. The molecule has 0 radical (unpaired) electrons. The second-order valence-corrected chi connectivity index (χ2v) is 2.04. The number of phenolic OH excluding ortho intramolecular Hbond substituents is 1. The number of ether oxygens (including phenoxy) is 1. The van der Waals surface area contributed by atoms with Crippen molar-refractivity contribution in [1.29, 1.82) is 0 Å². The highest BCUT2D eigenvalue weighted by molar-refractivity contribution is 5.79.